The summed E-state index contributed by atoms with van der Waals surface area (Å²) in [5, 5.41) is 0. The van der Waals surface area contributed by atoms with Gasteiger partial charge in [0.25, 0.3) is 0 Å². The van der Waals surface area contributed by atoms with Gasteiger partial charge in [-0.15, -0.1) is 0 Å². The molecule has 0 amide bonds. The Morgan fingerprint density at radius 1 is 1.31 bits per heavy atom. The highest BCUT2D eigenvalue weighted by atomic mass is 31.2. The molecule has 1 fully saturated rings. The van der Waals surface area contributed by atoms with Crippen LogP contribution in [0.1, 0.15) is 26.7 Å². The third kappa shape index (κ3) is 2.90. The summed E-state index contributed by atoms with van der Waals surface area (Å²) in [4.78, 5) is 22.3. The van der Waals surface area contributed by atoms with Crippen molar-refractivity contribution < 1.29 is 27.9 Å². The number of esters is 2. The topological polar surface area (TPSA) is 78.9 Å². The minimum atomic E-state index is -3.50. The summed E-state index contributed by atoms with van der Waals surface area (Å²) in [5.41, 5.74) is -0.981. The zero-order valence-corrected chi connectivity index (χ0v) is 10.2. The smallest absolute Gasteiger partial charge is 0.344 e. The maximum absolute atomic E-state index is 12.2. The number of hydrogen-bond acceptors (Lipinski definition) is 6. The molecule has 0 aromatic rings. The first kappa shape index (κ1) is 13.4. The molecule has 0 radical (unpaired) electrons. The monoisotopic (exact) mass is 250 g/mol. The summed E-state index contributed by atoms with van der Waals surface area (Å²) in [7, 11) is -3.50. The summed E-state index contributed by atoms with van der Waals surface area (Å²) in [6, 6.07) is 0. The zero-order chi connectivity index (χ0) is 12.2. The maximum Gasteiger partial charge on any atom is 0.344 e. The van der Waals surface area contributed by atoms with Crippen molar-refractivity contribution in [1.29, 1.82) is 0 Å². The lowest BCUT2D eigenvalue weighted by molar-refractivity contribution is -0.163. The lowest BCUT2D eigenvalue weighted by Crippen LogP contribution is -2.33. The SMILES string of the molecule is CCOP(=O)(OCC)C1CCC(=O)OC1=O. The van der Waals surface area contributed by atoms with Gasteiger partial charge in [-0.2, -0.15) is 0 Å². The van der Waals surface area contributed by atoms with Gasteiger partial charge in [0.1, 0.15) is 0 Å². The molecule has 0 aromatic carbocycles. The summed E-state index contributed by atoms with van der Waals surface area (Å²) >= 11 is 0. The molecule has 1 unspecified atom stereocenters. The summed E-state index contributed by atoms with van der Waals surface area (Å²) in [6.45, 7) is 3.67. The van der Waals surface area contributed by atoms with Gasteiger partial charge in [-0.25, -0.2) is 0 Å². The normalized spacial score (nSPS) is 22.0. The predicted octanol–water partition coefficient (Wildman–Crippen LogP) is 1.48. The van der Waals surface area contributed by atoms with Crippen molar-refractivity contribution in [3.8, 4) is 0 Å². The van der Waals surface area contributed by atoms with E-state index in [9.17, 15) is 14.2 Å². The van der Waals surface area contributed by atoms with E-state index in [0.29, 0.717) is 0 Å². The van der Waals surface area contributed by atoms with Gasteiger partial charge in [0.15, 0.2) is 5.66 Å². The van der Waals surface area contributed by atoms with E-state index in [1.807, 2.05) is 0 Å². The first-order valence-electron chi connectivity index (χ1n) is 5.16. The van der Waals surface area contributed by atoms with E-state index >= 15 is 0 Å². The lowest BCUT2D eigenvalue weighted by atomic mass is 10.2. The highest BCUT2D eigenvalue weighted by Gasteiger charge is 2.45. The van der Waals surface area contributed by atoms with Gasteiger partial charge in [0.05, 0.1) is 13.2 Å². The lowest BCUT2D eigenvalue weighted by Gasteiger charge is -2.26. The fraction of sp³-hybridized carbons (Fsp3) is 0.778. The van der Waals surface area contributed by atoms with Crippen LogP contribution in [0.25, 0.3) is 0 Å². The van der Waals surface area contributed by atoms with Crippen molar-refractivity contribution in [1.82, 2.24) is 0 Å². The van der Waals surface area contributed by atoms with Crippen LogP contribution in [-0.2, 0) is 27.9 Å². The van der Waals surface area contributed by atoms with Gasteiger partial charge in [0.2, 0.25) is 0 Å². The van der Waals surface area contributed by atoms with E-state index in [1.165, 1.54) is 0 Å². The molecule has 1 aliphatic rings. The van der Waals surface area contributed by atoms with Crippen molar-refractivity contribution in [3.05, 3.63) is 0 Å². The molecule has 16 heavy (non-hydrogen) atoms. The molecule has 0 aromatic heterocycles. The molecule has 0 N–H and O–H groups in total. The highest BCUT2D eigenvalue weighted by molar-refractivity contribution is 7.55. The molecule has 0 bridgehead atoms. The van der Waals surface area contributed by atoms with Crippen LogP contribution in [0.2, 0.25) is 0 Å². The van der Waals surface area contributed by atoms with Crippen molar-refractivity contribution in [3.63, 3.8) is 0 Å². The standard InChI is InChI=1S/C9H15O6P/c1-3-13-16(12,14-4-2)7-5-6-8(10)15-9(7)11/h7H,3-6H2,1-2H3. The van der Waals surface area contributed by atoms with E-state index in [2.05, 4.69) is 4.74 Å². The molecule has 0 spiro atoms. The van der Waals surface area contributed by atoms with Gasteiger partial charge in [-0.1, -0.05) is 0 Å². The van der Waals surface area contributed by atoms with E-state index in [4.69, 9.17) is 9.05 Å². The second-order valence-electron chi connectivity index (χ2n) is 3.22. The van der Waals surface area contributed by atoms with E-state index in [-0.39, 0.29) is 26.1 Å². The minimum absolute atomic E-state index is 0.0561. The van der Waals surface area contributed by atoms with E-state index in [1.54, 1.807) is 13.8 Å². The van der Waals surface area contributed by atoms with Gasteiger partial charge >= 0.3 is 19.5 Å². The Hall–Kier alpha value is -0.710. The number of carbonyl (C=O) groups excluding carboxylic acids is 2. The van der Waals surface area contributed by atoms with Crippen LogP contribution in [0.3, 0.4) is 0 Å². The first-order chi connectivity index (χ1) is 7.53. The molecule has 1 aliphatic heterocycles. The zero-order valence-electron chi connectivity index (χ0n) is 9.30. The molecule has 7 heteroatoms. The fourth-order valence-electron chi connectivity index (χ4n) is 1.47. The van der Waals surface area contributed by atoms with Gasteiger partial charge < -0.3 is 13.8 Å². The molecule has 1 heterocycles. The molecule has 1 rings (SSSR count). The summed E-state index contributed by atoms with van der Waals surface area (Å²) < 4.78 is 26.7. The molecule has 1 atom stereocenters. The van der Waals surface area contributed by atoms with Crippen LogP contribution in [0.4, 0.5) is 0 Å². The molecular weight excluding hydrogens is 235 g/mol. The van der Waals surface area contributed by atoms with E-state index in [0.717, 1.165) is 0 Å². The Labute approximate surface area is 93.8 Å². The van der Waals surface area contributed by atoms with Gasteiger partial charge in [-0.3, -0.25) is 14.2 Å². The molecule has 0 saturated carbocycles. The third-order valence-corrected chi connectivity index (χ3v) is 4.58. The minimum Gasteiger partial charge on any atom is -0.392 e. The number of ether oxygens (including phenoxy) is 1. The van der Waals surface area contributed by atoms with Crippen LogP contribution in [0.5, 0.6) is 0 Å². The predicted molar refractivity (Wildman–Crippen MR) is 55.0 cm³/mol. The highest BCUT2D eigenvalue weighted by Crippen LogP contribution is 2.55. The number of cyclic esters (lactones) is 2. The fourth-order valence-corrected chi connectivity index (χ4v) is 3.38. The van der Waals surface area contributed by atoms with Crippen LogP contribution in [-0.4, -0.2) is 30.8 Å². The molecule has 92 valence electrons. The van der Waals surface area contributed by atoms with Crippen LogP contribution >= 0.6 is 7.60 Å². The molecule has 1 saturated heterocycles. The Balaban J connectivity index is 2.82. The molecule has 6 nitrogen and oxygen atoms in total. The summed E-state index contributed by atoms with van der Waals surface area (Å²) in [6.07, 6.45) is 0.204. The Morgan fingerprint density at radius 3 is 2.31 bits per heavy atom. The second kappa shape index (κ2) is 5.57. The number of carbonyl (C=O) groups is 2. The summed E-state index contributed by atoms with van der Waals surface area (Å²) in [5.74, 6) is -1.41. The van der Waals surface area contributed by atoms with Crippen molar-refractivity contribution in [2.24, 2.45) is 0 Å². The van der Waals surface area contributed by atoms with Gasteiger partial charge in [0, 0.05) is 6.42 Å². The number of rotatable bonds is 5. The quantitative estimate of drug-likeness (QED) is 0.418. The van der Waals surface area contributed by atoms with Crippen molar-refractivity contribution >= 4 is 19.5 Å². The maximum atomic E-state index is 12.2. The first-order valence-corrected chi connectivity index (χ1v) is 6.78. The Kier molecular flexibility index (Phi) is 4.65. The van der Waals surface area contributed by atoms with Gasteiger partial charge in [-0.05, 0) is 20.3 Å². The third-order valence-electron chi connectivity index (χ3n) is 2.11. The Bertz CT molecular complexity index is 316. The number of hydrogen-bond donors (Lipinski definition) is 0. The van der Waals surface area contributed by atoms with Crippen LogP contribution < -0.4 is 0 Å². The molecule has 0 aliphatic carbocycles. The van der Waals surface area contributed by atoms with Crippen molar-refractivity contribution in [2.45, 2.75) is 32.3 Å². The van der Waals surface area contributed by atoms with Crippen LogP contribution in [0, 0.1) is 0 Å². The van der Waals surface area contributed by atoms with Crippen molar-refractivity contribution in [2.75, 3.05) is 13.2 Å². The second-order valence-corrected chi connectivity index (χ2v) is 5.44. The average Bonchev–Trinajstić information content (AvgIpc) is 2.17. The molecular formula is C9H15O6P. The largest absolute Gasteiger partial charge is 0.392 e. The van der Waals surface area contributed by atoms with E-state index < -0.39 is 25.2 Å². The average molecular weight is 250 g/mol. The van der Waals surface area contributed by atoms with Crippen LogP contribution in [0.15, 0.2) is 0 Å². The Morgan fingerprint density at radius 2 is 1.88 bits per heavy atom.